The van der Waals surface area contributed by atoms with Gasteiger partial charge in [-0.2, -0.15) is 0 Å². The fourth-order valence-electron chi connectivity index (χ4n) is 4.72. The molecule has 4 aliphatic rings. The van der Waals surface area contributed by atoms with E-state index in [2.05, 4.69) is 40.0 Å². The first-order chi connectivity index (χ1) is 12.3. The van der Waals surface area contributed by atoms with Crippen LogP contribution >= 0.6 is 15.9 Å². The summed E-state index contributed by atoms with van der Waals surface area (Å²) in [6, 6.07) is 3.15. The molecule has 0 spiro atoms. The number of hydrogen-bond acceptors (Lipinski definition) is 3. The van der Waals surface area contributed by atoms with E-state index in [1.165, 1.54) is 0 Å². The molecular formula is C20H26BrFN2O2. The molecule has 3 heterocycles. The summed E-state index contributed by atoms with van der Waals surface area (Å²) >= 11 is 3.27. The SMILES string of the molecule is CC1(C)CCc2cc(Br)c(F)cc2[C@@H]1NC(=O)O[C@H]1CN2CCC1CC2. The lowest BCUT2D eigenvalue weighted by Crippen LogP contribution is -2.53. The van der Waals surface area contributed by atoms with E-state index < -0.39 is 0 Å². The number of amides is 1. The molecular weight excluding hydrogens is 399 g/mol. The average Bonchev–Trinajstić information content (AvgIpc) is 2.60. The zero-order valence-corrected chi connectivity index (χ0v) is 16.9. The maximum Gasteiger partial charge on any atom is 0.407 e. The van der Waals surface area contributed by atoms with Crippen molar-refractivity contribution in [3.8, 4) is 0 Å². The van der Waals surface area contributed by atoms with Crippen molar-refractivity contribution in [2.45, 2.75) is 51.7 Å². The van der Waals surface area contributed by atoms with Gasteiger partial charge < -0.3 is 10.1 Å². The third-order valence-electron chi connectivity index (χ3n) is 6.43. The van der Waals surface area contributed by atoms with Crippen molar-refractivity contribution in [1.29, 1.82) is 0 Å². The zero-order valence-electron chi connectivity index (χ0n) is 15.4. The molecule has 0 radical (unpaired) electrons. The van der Waals surface area contributed by atoms with Gasteiger partial charge in [-0.1, -0.05) is 13.8 Å². The van der Waals surface area contributed by atoms with E-state index in [-0.39, 0.29) is 29.5 Å². The molecule has 142 valence electrons. The summed E-state index contributed by atoms with van der Waals surface area (Å²) in [5.74, 6) is 0.185. The normalized spacial score (nSPS) is 32.0. The maximum atomic E-state index is 14.1. The fraction of sp³-hybridized carbons (Fsp3) is 0.650. The van der Waals surface area contributed by atoms with Gasteiger partial charge in [0.15, 0.2) is 0 Å². The Morgan fingerprint density at radius 3 is 2.73 bits per heavy atom. The Morgan fingerprint density at radius 2 is 2.08 bits per heavy atom. The van der Waals surface area contributed by atoms with E-state index in [9.17, 15) is 9.18 Å². The number of nitrogens with one attached hydrogen (secondary N) is 1. The van der Waals surface area contributed by atoms with Crippen LogP contribution in [0.4, 0.5) is 9.18 Å². The highest BCUT2D eigenvalue weighted by molar-refractivity contribution is 9.10. The number of rotatable bonds is 2. The lowest BCUT2D eigenvalue weighted by Gasteiger charge is -2.44. The summed E-state index contributed by atoms with van der Waals surface area (Å²) in [5, 5.41) is 3.06. The lowest BCUT2D eigenvalue weighted by molar-refractivity contribution is -0.0353. The number of ether oxygens (including phenoxy) is 1. The number of nitrogens with zero attached hydrogens (tertiary/aromatic N) is 1. The van der Waals surface area contributed by atoms with Crippen molar-refractivity contribution in [2.75, 3.05) is 19.6 Å². The van der Waals surface area contributed by atoms with Gasteiger partial charge in [0.1, 0.15) is 11.9 Å². The highest BCUT2D eigenvalue weighted by atomic mass is 79.9. The predicted octanol–water partition coefficient (Wildman–Crippen LogP) is 4.42. The van der Waals surface area contributed by atoms with Gasteiger partial charge in [-0.15, -0.1) is 0 Å². The first-order valence-corrected chi connectivity index (χ1v) is 10.3. The Bertz CT molecular complexity index is 716. The van der Waals surface area contributed by atoms with Gasteiger partial charge in [0.05, 0.1) is 10.5 Å². The van der Waals surface area contributed by atoms with E-state index in [1.807, 2.05) is 6.07 Å². The molecule has 1 aromatic rings. The van der Waals surface area contributed by atoms with Gasteiger partial charge in [0.25, 0.3) is 0 Å². The van der Waals surface area contributed by atoms with Crippen molar-refractivity contribution in [3.63, 3.8) is 0 Å². The number of hydrogen-bond donors (Lipinski definition) is 1. The lowest BCUT2D eigenvalue weighted by atomic mass is 9.70. The predicted molar refractivity (Wildman–Crippen MR) is 102 cm³/mol. The molecule has 2 bridgehead atoms. The second-order valence-corrected chi connectivity index (χ2v) is 9.47. The first-order valence-electron chi connectivity index (χ1n) is 9.51. The number of halogens is 2. The van der Waals surface area contributed by atoms with E-state index in [0.29, 0.717) is 10.4 Å². The summed E-state index contributed by atoms with van der Waals surface area (Å²) in [6.07, 6.45) is 3.63. The highest BCUT2D eigenvalue weighted by Crippen LogP contribution is 2.44. The molecule has 0 aromatic heterocycles. The number of alkyl carbamates (subject to hydrolysis) is 1. The van der Waals surface area contributed by atoms with Crippen LogP contribution in [0, 0.1) is 17.2 Å². The van der Waals surface area contributed by atoms with Crippen LogP contribution in [0.15, 0.2) is 16.6 Å². The minimum atomic E-state index is -0.377. The standard InChI is InChI=1S/C20H26BrFN2O2/c1-20(2)6-3-13-9-15(21)16(22)10-14(13)18(20)23-19(25)26-17-11-24-7-4-12(17)5-8-24/h9-10,12,17-18H,3-8,11H2,1-2H3,(H,23,25)/t17-,18-/m0/s1. The topological polar surface area (TPSA) is 41.6 Å². The number of carbonyl (C=O) groups is 1. The van der Waals surface area contributed by atoms with Gasteiger partial charge >= 0.3 is 6.09 Å². The number of benzene rings is 1. The molecule has 1 aromatic carbocycles. The highest BCUT2D eigenvalue weighted by Gasteiger charge is 2.40. The molecule has 1 N–H and O–H groups in total. The van der Waals surface area contributed by atoms with Crippen molar-refractivity contribution >= 4 is 22.0 Å². The quantitative estimate of drug-likeness (QED) is 0.763. The van der Waals surface area contributed by atoms with Crippen LogP contribution in [-0.2, 0) is 11.2 Å². The molecule has 1 amide bonds. The van der Waals surface area contributed by atoms with E-state index >= 15 is 0 Å². The molecule has 0 saturated carbocycles. The van der Waals surface area contributed by atoms with Crippen LogP contribution in [0.3, 0.4) is 0 Å². The number of aryl methyl sites for hydroxylation is 1. The maximum absolute atomic E-state index is 14.1. The monoisotopic (exact) mass is 424 g/mol. The molecule has 0 unspecified atom stereocenters. The van der Waals surface area contributed by atoms with E-state index in [4.69, 9.17) is 4.74 Å². The Hall–Kier alpha value is -1.14. The molecule has 5 rings (SSSR count). The number of fused-ring (bicyclic) bond motifs is 4. The molecule has 3 aliphatic heterocycles. The molecule has 3 saturated heterocycles. The first kappa shape index (κ1) is 18.2. The summed E-state index contributed by atoms with van der Waals surface area (Å²) < 4.78 is 20.4. The van der Waals surface area contributed by atoms with Crippen LogP contribution in [0.2, 0.25) is 0 Å². The fourth-order valence-corrected chi connectivity index (χ4v) is 5.11. The summed E-state index contributed by atoms with van der Waals surface area (Å²) in [5.41, 5.74) is 1.81. The second kappa shape index (κ2) is 6.79. The summed E-state index contributed by atoms with van der Waals surface area (Å²) in [4.78, 5) is 15.0. The van der Waals surface area contributed by atoms with Crippen molar-refractivity contribution < 1.29 is 13.9 Å². The number of carbonyl (C=O) groups excluding carboxylic acids is 1. The van der Waals surface area contributed by atoms with Crippen LogP contribution < -0.4 is 5.32 Å². The average molecular weight is 425 g/mol. The van der Waals surface area contributed by atoms with Gasteiger partial charge in [0.2, 0.25) is 0 Å². The molecule has 26 heavy (non-hydrogen) atoms. The smallest absolute Gasteiger partial charge is 0.407 e. The van der Waals surface area contributed by atoms with Crippen molar-refractivity contribution in [1.82, 2.24) is 10.2 Å². The molecule has 2 atom stereocenters. The van der Waals surface area contributed by atoms with Gasteiger partial charge in [-0.25, -0.2) is 9.18 Å². The van der Waals surface area contributed by atoms with Gasteiger partial charge in [0, 0.05) is 6.54 Å². The second-order valence-electron chi connectivity index (χ2n) is 8.61. The van der Waals surface area contributed by atoms with Crippen LogP contribution in [0.1, 0.15) is 50.3 Å². The van der Waals surface area contributed by atoms with Crippen LogP contribution in [0.5, 0.6) is 0 Å². The van der Waals surface area contributed by atoms with Crippen LogP contribution in [-0.4, -0.2) is 36.7 Å². The third kappa shape index (κ3) is 3.38. The summed E-state index contributed by atoms with van der Waals surface area (Å²) in [7, 11) is 0. The summed E-state index contributed by atoms with van der Waals surface area (Å²) in [6.45, 7) is 7.31. The molecule has 6 heteroatoms. The molecule has 3 fully saturated rings. The van der Waals surface area contributed by atoms with Crippen molar-refractivity contribution in [2.24, 2.45) is 11.3 Å². The minimum absolute atomic E-state index is 0.0228. The van der Waals surface area contributed by atoms with Crippen molar-refractivity contribution in [3.05, 3.63) is 33.5 Å². The zero-order chi connectivity index (χ0) is 18.5. The van der Waals surface area contributed by atoms with E-state index in [0.717, 1.165) is 56.4 Å². The number of piperidine rings is 3. The van der Waals surface area contributed by atoms with Gasteiger partial charge in [-0.3, -0.25) is 4.90 Å². The molecule has 4 nitrogen and oxygen atoms in total. The van der Waals surface area contributed by atoms with E-state index in [1.54, 1.807) is 6.07 Å². The largest absolute Gasteiger partial charge is 0.445 e. The Balaban J connectivity index is 1.51. The van der Waals surface area contributed by atoms with Gasteiger partial charge in [-0.05, 0) is 89.3 Å². The Morgan fingerprint density at radius 1 is 1.35 bits per heavy atom. The minimum Gasteiger partial charge on any atom is -0.445 e. The Labute approximate surface area is 162 Å². The third-order valence-corrected chi connectivity index (χ3v) is 7.04. The molecule has 1 aliphatic carbocycles. The Kier molecular flexibility index (Phi) is 4.76. The van der Waals surface area contributed by atoms with Crippen LogP contribution in [0.25, 0.3) is 0 Å².